The molecule has 3 N–H and O–H groups in total. The van der Waals surface area contributed by atoms with Crippen molar-refractivity contribution in [3.05, 3.63) is 24.2 Å². The van der Waals surface area contributed by atoms with Gasteiger partial charge in [-0.05, 0) is 26.0 Å². The van der Waals surface area contributed by atoms with Gasteiger partial charge in [-0.3, -0.25) is 0 Å². The van der Waals surface area contributed by atoms with Crippen molar-refractivity contribution in [3.8, 4) is 0 Å². The van der Waals surface area contributed by atoms with Crippen molar-refractivity contribution in [2.45, 2.75) is 43.5 Å². The van der Waals surface area contributed by atoms with Gasteiger partial charge in [0.15, 0.2) is 11.6 Å². The fourth-order valence-corrected chi connectivity index (χ4v) is 3.50. The summed E-state index contributed by atoms with van der Waals surface area (Å²) < 4.78 is 33.0. The first-order valence-corrected chi connectivity index (χ1v) is 7.69. The van der Waals surface area contributed by atoms with Crippen LogP contribution in [0.3, 0.4) is 0 Å². The van der Waals surface area contributed by atoms with E-state index in [1.807, 2.05) is 0 Å². The summed E-state index contributed by atoms with van der Waals surface area (Å²) >= 11 is 0. The van der Waals surface area contributed by atoms with Crippen LogP contribution < -0.4 is 5.73 Å². The third kappa shape index (κ3) is 2.05. The minimum atomic E-state index is -1.47. The second-order valence-corrected chi connectivity index (χ2v) is 6.62. The number of hydrogen-bond donors (Lipinski definition) is 2. The van der Waals surface area contributed by atoms with E-state index in [4.69, 9.17) is 19.9 Å². The third-order valence-corrected chi connectivity index (χ3v) is 4.60. The number of hydrogen-bond acceptors (Lipinski definition) is 7. The molecular formula is C15H19FN4O4. The van der Waals surface area contributed by atoms with Crippen molar-refractivity contribution in [2.24, 2.45) is 0 Å². The molecule has 2 saturated heterocycles. The molecule has 4 rings (SSSR count). The summed E-state index contributed by atoms with van der Waals surface area (Å²) in [5, 5.41) is 13.9. The predicted octanol–water partition coefficient (Wildman–Crippen LogP) is 0.603. The molecule has 0 saturated carbocycles. The van der Waals surface area contributed by atoms with Crippen LogP contribution in [0.4, 0.5) is 10.2 Å². The Bertz CT molecular complexity index is 776. The molecule has 4 heterocycles. The summed E-state index contributed by atoms with van der Waals surface area (Å²) in [6.07, 6.45) is -0.617. The highest BCUT2D eigenvalue weighted by atomic mass is 19.1. The maximum atomic E-state index is 13.8. The highest BCUT2D eigenvalue weighted by molar-refractivity contribution is 5.65. The molecule has 4 atom stereocenters. The van der Waals surface area contributed by atoms with Crippen molar-refractivity contribution in [2.75, 3.05) is 19.0 Å². The monoisotopic (exact) mass is 338 g/mol. The number of rotatable bonds is 3. The highest BCUT2D eigenvalue weighted by Gasteiger charge is 2.63. The number of ether oxygens (including phenoxy) is 3. The lowest BCUT2D eigenvalue weighted by molar-refractivity contribution is -0.220. The number of nitrogens with two attached hydrogens (primary N) is 1. The Morgan fingerprint density at radius 1 is 1.33 bits per heavy atom. The molecule has 0 bridgehead atoms. The second-order valence-electron chi connectivity index (χ2n) is 6.62. The van der Waals surface area contributed by atoms with E-state index in [1.165, 1.54) is 6.33 Å². The molecule has 9 heteroatoms. The Morgan fingerprint density at radius 3 is 2.83 bits per heavy atom. The van der Waals surface area contributed by atoms with Crippen molar-refractivity contribution in [1.82, 2.24) is 14.6 Å². The van der Waals surface area contributed by atoms with Crippen molar-refractivity contribution in [1.29, 1.82) is 0 Å². The van der Waals surface area contributed by atoms with Gasteiger partial charge >= 0.3 is 0 Å². The lowest BCUT2D eigenvalue weighted by Crippen LogP contribution is -2.48. The average molecular weight is 338 g/mol. The number of nitrogen functional groups attached to an aromatic ring is 1. The largest absolute Gasteiger partial charge is 0.393 e. The lowest BCUT2D eigenvalue weighted by atomic mass is 9.96. The molecule has 0 aliphatic carbocycles. The number of halogens is 1. The Morgan fingerprint density at radius 2 is 2.12 bits per heavy atom. The first-order valence-electron chi connectivity index (χ1n) is 7.69. The van der Waals surface area contributed by atoms with Crippen LogP contribution in [0.2, 0.25) is 0 Å². The average Bonchev–Trinajstić information content (AvgIpc) is 3.18. The fourth-order valence-electron chi connectivity index (χ4n) is 3.50. The Balaban J connectivity index is 1.81. The third-order valence-electron chi connectivity index (χ3n) is 4.60. The maximum Gasteiger partial charge on any atom is 0.164 e. The zero-order valence-electron chi connectivity index (χ0n) is 13.3. The van der Waals surface area contributed by atoms with Crippen molar-refractivity contribution < 1.29 is 23.7 Å². The first kappa shape index (κ1) is 15.7. The second kappa shape index (κ2) is 5.09. The molecule has 130 valence electrons. The smallest absolute Gasteiger partial charge is 0.164 e. The number of anilines is 1. The minimum absolute atomic E-state index is 0.327. The molecule has 2 aromatic rings. The normalized spacial score (nSPS) is 34.8. The van der Waals surface area contributed by atoms with E-state index < -0.39 is 43.0 Å². The Labute approximate surface area is 137 Å². The van der Waals surface area contributed by atoms with Crippen LogP contribution in [0, 0.1) is 0 Å². The number of aromatic nitrogens is 3. The van der Waals surface area contributed by atoms with Crippen LogP contribution in [0.25, 0.3) is 5.52 Å². The molecule has 2 fully saturated rings. The van der Waals surface area contributed by atoms with Gasteiger partial charge in [-0.2, -0.15) is 5.10 Å². The summed E-state index contributed by atoms with van der Waals surface area (Å²) in [5.41, 5.74) is 5.64. The Hall–Kier alpha value is -1.81. The lowest BCUT2D eigenvalue weighted by Gasteiger charge is -2.30. The molecule has 0 amide bonds. The summed E-state index contributed by atoms with van der Waals surface area (Å²) in [6.45, 7) is 2.10. The molecule has 0 radical (unpaired) electrons. The van der Waals surface area contributed by atoms with Crippen LogP contribution >= 0.6 is 0 Å². The van der Waals surface area contributed by atoms with Gasteiger partial charge in [0, 0.05) is 0 Å². The van der Waals surface area contributed by atoms with Gasteiger partial charge < -0.3 is 25.1 Å². The van der Waals surface area contributed by atoms with Crippen LogP contribution in [-0.2, 0) is 14.2 Å². The van der Waals surface area contributed by atoms with Crippen LogP contribution in [0.1, 0.15) is 25.6 Å². The van der Waals surface area contributed by atoms with E-state index in [0.717, 1.165) is 0 Å². The summed E-state index contributed by atoms with van der Waals surface area (Å²) in [4.78, 5) is 3.95. The zero-order valence-corrected chi connectivity index (χ0v) is 13.3. The van der Waals surface area contributed by atoms with E-state index in [0.29, 0.717) is 17.0 Å². The van der Waals surface area contributed by atoms with Gasteiger partial charge in [0.2, 0.25) is 0 Å². The quantitative estimate of drug-likeness (QED) is 0.844. The van der Waals surface area contributed by atoms with Crippen LogP contribution in [0.5, 0.6) is 0 Å². The van der Waals surface area contributed by atoms with Crippen LogP contribution in [0.15, 0.2) is 18.5 Å². The first-order chi connectivity index (χ1) is 11.4. The molecule has 2 aliphatic rings. The molecule has 2 aliphatic heterocycles. The van der Waals surface area contributed by atoms with E-state index in [1.54, 1.807) is 30.5 Å². The van der Waals surface area contributed by atoms with Gasteiger partial charge in [-0.1, -0.05) is 0 Å². The zero-order chi connectivity index (χ0) is 17.1. The molecule has 0 spiro atoms. The van der Waals surface area contributed by atoms with Gasteiger partial charge in [0.05, 0.1) is 12.3 Å². The minimum Gasteiger partial charge on any atom is -0.393 e. The predicted molar refractivity (Wildman–Crippen MR) is 80.8 cm³/mol. The van der Waals surface area contributed by atoms with Gasteiger partial charge in [-0.25, -0.2) is 13.9 Å². The van der Waals surface area contributed by atoms with Gasteiger partial charge in [0.1, 0.15) is 42.4 Å². The number of aliphatic hydroxyl groups is 1. The molecule has 8 nitrogen and oxygen atoms in total. The van der Waals surface area contributed by atoms with Crippen LogP contribution in [-0.4, -0.2) is 56.6 Å². The summed E-state index contributed by atoms with van der Waals surface area (Å²) in [5.74, 6) is -0.567. The van der Waals surface area contributed by atoms with Crippen molar-refractivity contribution in [3.63, 3.8) is 0 Å². The summed E-state index contributed by atoms with van der Waals surface area (Å²) in [6, 6.07) is 3.54. The SMILES string of the molecule is CC1(C)O[C@H]2[C@H](c3ccc4c(N)ncnn34)O[C@@](CO)(CF)[C@H]2O1. The number of nitrogens with zero attached hydrogens (tertiary/aromatic N) is 3. The highest BCUT2D eigenvalue weighted by Crippen LogP contribution is 2.50. The Kier molecular flexibility index (Phi) is 3.33. The van der Waals surface area contributed by atoms with E-state index in [-0.39, 0.29) is 0 Å². The van der Waals surface area contributed by atoms with Gasteiger partial charge in [-0.15, -0.1) is 0 Å². The molecule has 0 unspecified atom stereocenters. The van der Waals surface area contributed by atoms with E-state index in [9.17, 15) is 9.50 Å². The van der Waals surface area contributed by atoms with E-state index >= 15 is 0 Å². The van der Waals surface area contributed by atoms with Gasteiger partial charge in [0.25, 0.3) is 0 Å². The van der Waals surface area contributed by atoms with Crippen molar-refractivity contribution >= 4 is 11.3 Å². The number of fused-ring (bicyclic) bond motifs is 2. The topological polar surface area (TPSA) is 104 Å². The maximum absolute atomic E-state index is 13.8. The molecule has 0 aromatic carbocycles. The fraction of sp³-hybridized carbons (Fsp3) is 0.600. The van der Waals surface area contributed by atoms with E-state index in [2.05, 4.69) is 10.1 Å². The summed E-state index contributed by atoms with van der Waals surface area (Å²) in [7, 11) is 0. The number of alkyl halides is 1. The molecule has 2 aromatic heterocycles. The number of aliphatic hydroxyl groups excluding tert-OH is 1. The standard InChI is InChI=1S/C15H19FN4O4/c1-14(2)22-11-10(23-15(5-16,6-21)12(11)24-14)8-3-4-9-13(17)18-7-19-20(8)9/h3-4,7,10-12,21H,5-6H2,1-2H3,(H2,17,18,19)/t10-,11-,12-,15+/m0/s1. The molecular weight excluding hydrogens is 319 g/mol. The molecule has 24 heavy (non-hydrogen) atoms.